The molecule has 20 heavy (non-hydrogen) atoms. The first-order valence-electron chi connectivity index (χ1n) is 7.12. The van der Waals surface area contributed by atoms with Gasteiger partial charge in [-0.25, -0.2) is 0 Å². The van der Waals surface area contributed by atoms with Crippen LogP contribution in [0.25, 0.3) is 10.9 Å². The molecule has 1 aromatic carbocycles. The van der Waals surface area contributed by atoms with Gasteiger partial charge in [0.25, 0.3) is 0 Å². The molecular formula is C16H22N2O2. The molecule has 2 rings (SSSR count). The third-order valence-corrected chi connectivity index (χ3v) is 3.48. The Kier molecular flexibility index (Phi) is 5.32. The molecule has 0 amide bonds. The van der Waals surface area contributed by atoms with Crippen molar-refractivity contribution in [2.24, 2.45) is 0 Å². The van der Waals surface area contributed by atoms with Crippen molar-refractivity contribution >= 4 is 10.9 Å². The van der Waals surface area contributed by atoms with Crippen LogP contribution in [-0.2, 0) is 6.42 Å². The van der Waals surface area contributed by atoms with Crippen LogP contribution in [0, 0.1) is 0 Å². The Bertz CT molecular complexity index is 557. The number of fused-ring (bicyclic) bond motifs is 1. The van der Waals surface area contributed by atoms with Crippen molar-refractivity contribution < 1.29 is 10.2 Å². The van der Waals surface area contributed by atoms with Crippen molar-refractivity contribution in [3.63, 3.8) is 0 Å². The maximum Gasteiger partial charge on any atom is 0.141 e. The highest BCUT2D eigenvalue weighted by Crippen LogP contribution is 2.26. The van der Waals surface area contributed by atoms with Gasteiger partial charge in [0.05, 0.1) is 6.61 Å². The van der Waals surface area contributed by atoms with Gasteiger partial charge < -0.3 is 15.5 Å². The van der Waals surface area contributed by atoms with Crippen LogP contribution < -0.4 is 5.32 Å². The van der Waals surface area contributed by atoms with E-state index in [1.807, 2.05) is 25.1 Å². The van der Waals surface area contributed by atoms with Crippen molar-refractivity contribution in [3.05, 3.63) is 36.0 Å². The number of hydrogen-bond acceptors (Lipinski definition) is 4. The SMILES string of the molecule is CC(CO)NCCCCc1ccc(O)c2ncccc12. The van der Waals surface area contributed by atoms with Crippen molar-refractivity contribution in [1.82, 2.24) is 10.3 Å². The summed E-state index contributed by atoms with van der Waals surface area (Å²) in [7, 11) is 0. The molecular weight excluding hydrogens is 252 g/mol. The number of unbranched alkanes of at least 4 members (excludes halogenated alkanes) is 1. The van der Waals surface area contributed by atoms with Crippen LogP contribution in [0.2, 0.25) is 0 Å². The van der Waals surface area contributed by atoms with E-state index in [9.17, 15) is 5.11 Å². The third-order valence-electron chi connectivity index (χ3n) is 3.48. The smallest absolute Gasteiger partial charge is 0.141 e. The number of rotatable bonds is 7. The number of aliphatic hydroxyl groups excluding tert-OH is 1. The highest BCUT2D eigenvalue weighted by Gasteiger charge is 2.05. The Labute approximate surface area is 119 Å². The average molecular weight is 274 g/mol. The zero-order chi connectivity index (χ0) is 14.4. The fraction of sp³-hybridized carbons (Fsp3) is 0.438. The van der Waals surface area contributed by atoms with Crippen LogP contribution >= 0.6 is 0 Å². The van der Waals surface area contributed by atoms with Crippen LogP contribution in [0.1, 0.15) is 25.3 Å². The van der Waals surface area contributed by atoms with E-state index >= 15 is 0 Å². The summed E-state index contributed by atoms with van der Waals surface area (Å²) in [5, 5.41) is 23.0. The summed E-state index contributed by atoms with van der Waals surface area (Å²) in [6, 6.07) is 7.76. The minimum Gasteiger partial charge on any atom is -0.506 e. The molecule has 0 bridgehead atoms. The van der Waals surface area contributed by atoms with Crippen molar-refractivity contribution in [2.75, 3.05) is 13.2 Å². The summed E-state index contributed by atoms with van der Waals surface area (Å²) in [6.45, 7) is 3.06. The topological polar surface area (TPSA) is 65.4 Å². The maximum absolute atomic E-state index is 9.80. The Hall–Kier alpha value is -1.65. The molecule has 0 saturated carbocycles. The molecule has 1 aromatic heterocycles. The number of aromatic hydroxyl groups is 1. The number of nitrogens with zero attached hydrogens (tertiary/aromatic N) is 1. The number of benzene rings is 1. The Balaban J connectivity index is 1.92. The lowest BCUT2D eigenvalue weighted by atomic mass is 10.0. The highest BCUT2D eigenvalue weighted by molar-refractivity contribution is 5.87. The molecule has 0 spiro atoms. The molecule has 0 radical (unpaired) electrons. The minimum atomic E-state index is 0.161. The van der Waals surface area contributed by atoms with Gasteiger partial charge in [-0.15, -0.1) is 0 Å². The quantitative estimate of drug-likeness (QED) is 0.677. The van der Waals surface area contributed by atoms with Crippen LogP contribution in [0.5, 0.6) is 5.75 Å². The van der Waals surface area contributed by atoms with Gasteiger partial charge in [0.2, 0.25) is 0 Å². The number of pyridine rings is 1. The lowest BCUT2D eigenvalue weighted by Crippen LogP contribution is -2.30. The number of nitrogens with one attached hydrogen (secondary N) is 1. The first kappa shape index (κ1) is 14.8. The largest absolute Gasteiger partial charge is 0.506 e. The molecule has 1 unspecified atom stereocenters. The third kappa shape index (κ3) is 3.68. The molecule has 108 valence electrons. The standard InChI is InChI=1S/C16H22N2O2/c1-12(11-19)17-9-3-2-5-13-7-8-15(20)16-14(13)6-4-10-18-16/h4,6-8,10,12,17,19-20H,2-3,5,9,11H2,1H3. The molecule has 0 fully saturated rings. The summed E-state index contributed by atoms with van der Waals surface area (Å²) < 4.78 is 0. The van der Waals surface area contributed by atoms with E-state index in [2.05, 4.69) is 10.3 Å². The lowest BCUT2D eigenvalue weighted by molar-refractivity contribution is 0.251. The second-order valence-electron chi connectivity index (χ2n) is 5.14. The highest BCUT2D eigenvalue weighted by atomic mass is 16.3. The summed E-state index contributed by atoms with van der Waals surface area (Å²) in [5.41, 5.74) is 1.90. The predicted octanol–water partition coefficient (Wildman–Crippen LogP) is 2.23. The minimum absolute atomic E-state index is 0.161. The number of hydrogen-bond donors (Lipinski definition) is 3. The molecule has 0 aliphatic rings. The van der Waals surface area contributed by atoms with Gasteiger partial charge in [0.1, 0.15) is 11.3 Å². The van der Waals surface area contributed by atoms with Crippen LogP contribution in [0.15, 0.2) is 30.5 Å². The summed E-state index contributed by atoms with van der Waals surface area (Å²) in [4.78, 5) is 4.23. The monoisotopic (exact) mass is 274 g/mol. The zero-order valence-electron chi connectivity index (χ0n) is 11.8. The molecule has 3 N–H and O–H groups in total. The van der Waals surface area contributed by atoms with E-state index in [-0.39, 0.29) is 18.4 Å². The molecule has 1 heterocycles. The van der Waals surface area contributed by atoms with Crippen molar-refractivity contribution in [3.8, 4) is 5.75 Å². The second-order valence-corrected chi connectivity index (χ2v) is 5.14. The summed E-state index contributed by atoms with van der Waals surface area (Å²) >= 11 is 0. The van der Waals surface area contributed by atoms with Crippen LogP contribution in [-0.4, -0.2) is 34.4 Å². The first-order chi connectivity index (χ1) is 9.72. The summed E-state index contributed by atoms with van der Waals surface area (Å²) in [5.74, 6) is 0.239. The van der Waals surface area contributed by atoms with Crippen molar-refractivity contribution in [2.45, 2.75) is 32.2 Å². The molecule has 0 aliphatic heterocycles. The Morgan fingerprint density at radius 3 is 2.90 bits per heavy atom. The molecule has 4 heteroatoms. The van der Waals surface area contributed by atoms with Gasteiger partial charge in [-0.1, -0.05) is 12.1 Å². The Morgan fingerprint density at radius 2 is 2.10 bits per heavy atom. The van der Waals surface area contributed by atoms with Gasteiger partial charge >= 0.3 is 0 Å². The van der Waals surface area contributed by atoms with E-state index in [4.69, 9.17) is 5.11 Å². The van der Waals surface area contributed by atoms with Gasteiger partial charge in [-0.3, -0.25) is 4.98 Å². The molecule has 1 atom stereocenters. The van der Waals surface area contributed by atoms with Crippen LogP contribution in [0.4, 0.5) is 0 Å². The van der Waals surface area contributed by atoms with E-state index in [1.54, 1.807) is 12.3 Å². The number of aliphatic hydroxyl groups is 1. The second kappa shape index (κ2) is 7.22. The molecule has 0 aliphatic carbocycles. The van der Waals surface area contributed by atoms with Gasteiger partial charge in [0.15, 0.2) is 0 Å². The van der Waals surface area contributed by atoms with Gasteiger partial charge in [0, 0.05) is 17.6 Å². The fourth-order valence-corrected chi connectivity index (χ4v) is 2.29. The molecule has 0 saturated heterocycles. The van der Waals surface area contributed by atoms with Gasteiger partial charge in [-0.05, 0) is 50.4 Å². The number of aryl methyl sites for hydroxylation is 1. The maximum atomic E-state index is 9.80. The van der Waals surface area contributed by atoms with Gasteiger partial charge in [-0.2, -0.15) is 0 Å². The zero-order valence-corrected chi connectivity index (χ0v) is 11.8. The number of aromatic nitrogens is 1. The fourth-order valence-electron chi connectivity index (χ4n) is 2.29. The van der Waals surface area contributed by atoms with Crippen LogP contribution in [0.3, 0.4) is 0 Å². The lowest BCUT2D eigenvalue weighted by Gasteiger charge is -2.11. The Morgan fingerprint density at radius 1 is 1.25 bits per heavy atom. The van der Waals surface area contributed by atoms with E-state index in [0.29, 0.717) is 5.52 Å². The predicted molar refractivity (Wildman–Crippen MR) is 80.9 cm³/mol. The number of phenols is 1. The molecule has 2 aromatic rings. The normalized spacial score (nSPS) is 12.7. The number of phenolic OH excluding ortho intramolecular Hbond substituents is 1. The van der Waals surface area contributed by atoms with E-state index in [0.717, 1.165) is 31.2 Å². The van der Waals surface area contributed by atoms with E-state index < -0.39 is 0 Å². The van der Waals surface area contributed by atoms with E-state index in [1.165, 1.54) is 5.56 Å². The summed E-state index contributed by atoms with van der Waals surface area (Å²) in [6.07, 6.45) is 4.80. The molecule has 4 nitrogen and oxygen atoms in total. The first-order valence-corrected chi connectivity index (χ1v) is 7.12. The average Bonchev–Trinajstić information content (AvgIpc) is 2.49. The van der Waals surface area contributed by atoms with Crippen molar-refractivity contribution in [1.29, 1.82) is 0 Å².